The van der Waals surface area contributed by atoms with Gasteiger partial charge in [-0.05, 0) is 114 Å². The summed E-state index contributed by atoms with van der Waals surface area (Å²) in [6, 6.07) is 49.1. The van der Waals surface area contributed by atoms with E-state index in [0.717, 1.165) is 43.8 Å². The molecule has 9 rings (SSSR count). The number of hydrogen-bond donors (Lipinski definition) is 0. The molecule has 0 unspecified atom stereocenters. The number of rotatable bonds is 7. The molecule has 9 aromatic rings. The van der Waals surface area contributed by atoms with E-state index in [9.17, 15) is 8.22 Å². The molecule has 9 aromatic carbocycles. The minimum Gasteiger partial charge on any atom is -0.310 e. The SMILES string of the molecule is [2H]c1c([2H])c(-c2ccc3ccccc3c2)c([2H])c(N(c2ccc(-c3cccc(-c4ccccc4)c3)cc2)c2c([2H])c([2H])c(-c3cccc4ccccc34)c([2H])c2[2H])c1[2H]. The lowest BCUT2D eigenvalue weighted by Crippen LogP contribution is -2.10. The Morgan fingerprint density at radius 3 is 1.75 bits per heavy atom. The van der Waals surface area contributed by atoms with Gasteiger partial charge in [0, 0.05) is 17.1 Å². The van der Waals surface area contributed by atoms with Gasteiger partial charge in [0.1, 0.15) is 0 Å². The molecule has 1 heteroatoms. The van der Waals surface area contributed by atoms with Crippen molar-refractivity contribution in [1.29, 1.82) is 0 Å². The van der Waals surface area contributed by atoms with Gasteiger partial charge in [-0.15, -0.1) is 0 Å². The Morgan fingerprint density at radius 2 is 0.941 bits per heavy atom. The molecule has 0 atom stereocenters. The second kappa shape index (κ2) is 13.3. The molecule has 0 N–H and O–H groups in total. The number of fused-ring (bicyclic) bond motifs is 2. The summed E-state index contributed by atoms with van der Waals surface area (Å²) in [6.07, 6.45) is 0. The Bertz CT molecular complexity index is 3060. The van der Waals surface area contributed by atoms with Crippen LogP contribution in [0, 0.1) is 0 Å². The highest BCUT2D eigenvalue weighted by Crippen LogP contribution is 2.39. The number of nitrogens with zero attached hydrogens (tertiary/aromatic N) is 1. The largest absolute Gasteiger partial charge is 0.310 e. The molecule has 51 heavy (non-hydrogen) atoms. The molecule has 0 amide bonds. The van der Waals surface area contributed by atoms with E-state index in [1.54, 1.807) is 24.3 Å². The fourth-order valence-electron chi connectivity index (χ4n) is 6.61. The van der Waals surface area contributed by atoms with Crippen LogP contribution < -0.4 is 4.90 Å². The number of hydrogen-bond acceptors (Lipinski definition) is 1. The standard InChI is InChI=1S/C50H35N/c1-2-11-36(12-3-1)42-17-8-18-43(33-42)38-25-29-46(30-26-38)51(47-31-27-40(28-32-47)50-22-10-16-39-14-6-7-21-49(39)50)48-20-9-19-44(35-48)45-24-23-37-13-4-5-15-41(37)34-45/h1-35H/i9D,19D,20D,27D,28D,31D,32D,35D. The monoisotopic (exact) mass is 657 g/mol. The Labute approximate surface area is 310 Å². The lowest BCUT2D eigenvalue weighted by atomic mass is 9.97. The van der Waals surface area contributed by atoms with E-state index in [-0.39, 0.29) is 58.8 Å². The third kappa shape index (κ3) is 6.07. The molecule has 0 saturated heterocycles. The lowest BCUT2D eigenvalue weighted by Gasteiger charge is -2.26. The zero-order valence-electron chi connectivity index (χ0n) is 35.5. The maximum absolute atomic E-state index is 9.72. The molecular formula is C50H35N. The van der Waals surface area contributed by atoms with Crippen molar-refractivity contribution in [2.45, 2.75) is 0 Å². The van der Waals surface area contributed by atoms with Crippen molar-refractivity contribution in [2.24, 2.45) is 0 Å². The molecule has 0 heterocycles. The fourth-order valence-corrected chi connectivity index (χ4v) is 6.61. The first kappa shape index (κ1) is 22.8. The first-order chi connectivity index (χ1) is 28.6. The predicted octanol–water partition coefficient (Wildman–Crippen LogP) is 14.1. The van der Waals surface area contributed by atoms with Crippen molar-refractivity contribution < 1.29 is 11.0 Å². The Hall–Kier alpha value is -6.70. The molecule has 0 aliphatic heterocycles. The topological polar surface area (TPSA) is 3.24 Å². The Morgan fingerprint density at radius 1 is 0.333 bits per heavy atom. The third-order valence-corrected chi connectivity index (χ3v) is 9.20. The van der Waals surface area contributed by atoms with Gasteiger partial charge in [-0.1, -0.05) is 164 Å². The van der Waals surface area contributed by atoms with Crippen molar-refractivity contribution in [3.63, 3.8) is 0 Å². The maximum atomic E-state index is 9.72. The predicted molar refractivity (Wildman–Crippen MR) is 218 cm³/mol. The third-order valence-electron chi connectivity index (χ3n) is 9.20. The van der Waals surface area contributed by atoms with Crippen LogP contribution in [0.25, 0.3) is 66.1 Å². The van der Waals surface area contributed by atoms with Crippen LogP contribution in [-0.4, -0.2) is 0 Å². The van der Waals surface area contributed by atoms with E-state index >= 15 is 0 Å². The van der Waals surface area contributed by atoms with Gasteiger partial charge >= 0.3 is 0 Å². The zero-order valence-corrected chi connectivity index (χ0v) is 27.5. The minimum absolute atomic E-state index is 0.119. The fraction of sp³-hybridized carbons (Fsp3) is 0. The van der Waals surface area contributed by atoms with Crippen molar-refractivity contribution in [1.82, 2.24) is 0 Å². The van der Waals surface area contributed by atoms with Crippen molar-refractivity contribution in [3.8, 4) is 44.5 Å². The molecular weight excluding hydrogens is 615 g/mol. The Balaban J connectivity index is 1.28. The highest BCUT2D eigenvalue weighted by atomic mass is 15.1. The summed E-state index contributed by atoms with van der Waals surface area (Å²) < 4.78 is 75.0. The number of benzene rings is 9. The van der Waals surface area contributed by atoms with Crippen LogP contribution in [-0.2, 0) is 0 Å². The average molecular weight is 658 g/mol. The van der Waals surface area contributed by atoms with E-state index in [4.69, 9.17) is 2.74 Å². The molecule has 240 valence electrons. The van der Waals surface area contributed by atoms with Gasteiger partial charge in [0.25, 0.3) is 0 Å². The summed E-state index contributed by atoms with van der Waals surface area (Å²) in [5.74, 6) is 0. The van der Waals surface area contributed by atoms with Crippen LogP contribution >= 0.6 is 0 Å². The van der Waals surface area contributed by atoms with Crippen molar-refractivity contribution in [3.05, 3.63) is 212 Å². The van der Waals surface area contributed by atoms with Crippen LogP contribution in [0.3, 0.4) is 0 Å². The highest BCUT2D eigenvalue weighted by Gasteiger charge is 2.15. The van der Waals surface area contributed by atoms with E-state index in [1.807, 2.05) is 121 Å². The van der Waals surface area contributed by atoms with Gasteiger partial charge in [-0.25, -0.2) is 0 Å². The quantitative estimate of drug-likeness (QED) is 0.165. The van der Waals surface area contributed by atoms with Gasteiger partial charge < -0.3 is 4.90 Å². The van der Waals surface area contributed by atoms with E-state index in [1.165, 1.54) is 4.90 Å². The molecule has 0 saturated carbocycles. The van der Waals surface area contributed by atoms with Gasteiger partial charge in [-0.2, -0.15) is 0 Å². The second-order valence-electron chi connectivity index (χ2n) is 12.4. The van der Waals surface area contributed by atoms with Crippen LogP contribution in [0.1, 0.15) is 11.0 Å². The Kier molecular flexibility index (Phi) is 5.96. The molecule has 0 radical (unpaired) electrons. The smallest absolute Gasteiger partial charge is 0.0651 e. The molecule has 0 bridgehead atoms. The van der Waals surface area contributed by atoms with E-state index < -0.39 is 12.1 Å². The second-order valence-corrected chi connectivity index (χ2v) is 12.4. The number of anilines is 3. The van der Waals surface area contributed by atoms with Gasteiger partial charge in [0.15, 0.2) is 0 Å². The highest BCUT2D eigenvalue weighted by molar-refractivity contribution is 5.97. The summed E-state index contributed by atoms with van der Waals surface area (Å²) in [4.78, 5) is 1.39. The molecule has 0 spiro atoms. The van der Waals surface area contributed by atoms with Gasteiger partial charge in [0.2, 0.25) is 0 Å². The summed E-state index contributed by atoms with van der Waals surface area (Å²) in [5, 5.41) is 3.50. The first-order valence-corrected chi connectivity index (χ1v) is 16.9. The van der Waals surface area contributed by atoms with Crippen molar-refractivity contribution >= 4 is 38.6 Å². The zero-order chi connectivity index (χ0) is 40.9. The van der Waals surface area contributed by atoms with Crippen LogP contribution in [0.15, 0.2) is 212 Å². The molecule has 0 aliphatic rings. The summed E-state index contributed by atoms with van der Waals surface area (Å²) in [7, 11) is 0. The van der Waals surface area contributed by atoms with Gasteiger partial charge in [0.05, 0.1) is 11.0 Å². The van der Waals surface area contributed by atoms with E-state index in [0.29, 0.717) is 16.8 Å². The maximum Gasteiger partial charge on any atom is 0.0651 e. The van der Waals surface area contributed by atoms with Crippen LogP contribution in [0.5, 0.6) is 0 Å². The summed E-state index contributed by atoms with van der Waals surface area (Å²) in [6.45, 7) is 0. The molecule has 0 aromatic heterocycles. The molecule has 1 nitrogen and oxygen atoms in total. The normalized spacial score (nSPS) is 13.3. The van der Waals surface area contributed by atoms with E-state index in [2.05, 4.69) is 18.2 Å². The summed E-state index contributed by atoms with van der Waals surface area (Å²) in [5.41, 5.74) is 5.29. The average Bonchev–Trinajstić information content (AvgIpc) is 3.27. The minimum atomic E-state index is -0.445. The van der Waals surface area contributed by atoms with Gasteiger partial charge in [-0.3, -0.25) is 0 Å². The van der Waals surface area contributed by atoms with Crippen LogP contribution in [0.2, 0.25) is 0 Å². The molecule has 0 fully saturated rings. The van der Waals surface area contributed by atoms with Crippen LogP contribution in [0.4, 0.5) is 17.1 Å². The first-order valence-electron chi connectivity index (χ1n) is 20.9. The molecule has 0 aliphatic carbocycles. The van der Waals surface area contributed by atoms with Crippen molar-refractivity contribution in [2.75, 3.05) is 4.90 Å². The lowest BCUT2D eigenvalue weighted by molar-refractivity contribution is 1.28. The summed E-state index contributed by atoms with van der Waals surface area (Å²) >= 11 is 0.